The van der Waals surface area contributed by atoms with Gasteiger partial charge < -0.3 is 24.8 Å². The van der Waals surface area contributed by atoms with E-state index in [1.807, 2.05) is 56.3 Å². The van der Waals surface area contributed by atoms with Crippen molar-refractivity contribution in [2.45, 2.75) is 39.0 Å². The lowest BCUT2D eigenvalue weighted by molar-refractivity contribution is 0.214. The van der Waals surface area contributed by atoms with Crippen LogP contribution in [0.2, 0.25) is 0 Å². The van der Waals surface area contributed by atoms with Gasteiger partial charge in [0.1, 0.15) is 23.9 Å². The van der Waals surface area contributed by atoms with Crippen molar-refractivity contribution >= 4 is 6.03 Å². The van der Waals surface area contributed by atoms with E-state index in [0.29, 0.717) is 19.6 Å². The van der Waals surface area contributed by atoms with Crippen LogP contribution in [0.3, 0.4) is 0 Å². The highest BCUT2D eigenvalue weighted by atomic mass is 16.5. The Bertz CT molecular complexity index is 774. The van der Waals surface area contributed by atoms with Gasteiger partial charge in [-0.25, -0.2) is 4.79 Å². The summed E-state index contributed by atoms with van der Waals surface area (Å²) in [5.41, 5.74) is 2.04. The minimum absolute atomic E-state index is 0.0774. The van der Waals surface area contributed by atoms with Gasteiger partial charge in [-0.3, -0.25) is 0 Å². The summed E-state index contributed by atoms with van der Waals surface area (Å²) in [6, 6.07) is 13.1. The summed E-state index contributed by atoms with van der Waals surface area (Å²) >= 11 is 0. The summed E-state index contributed by atoms with van der Waals surface area (Å²) in [6.07, 6.45) is 0.851. The Morgan fingerprint density at radius 3 is 2.63 bits per heavy atom. The number of hydrogen-bond donors (Lipinski definition) is 2. The SMILES string of the molecule is COc1ccc2c(c1)C[C@@H](NC(=O)NCc1ccc(OC(C)C)cc1)CO2. The van der Waals surface area contributed by atoms with Crippen LogP contribution in [-0.4, -0.2) is 31.9 Å². The maximum absolute atomic E-state index is 12.2. The van der Waals surface area contributed by atoms with Crippen molar-refractivity contribution in [3.8, 4) is 17.2 Å². The number of amides is 2. The molecule has 6 nitrogen and oxygen atoms in total. The highest BCUT2D eigenvalue weighted by Gasteiger charge is 2.21. The molecule has 0 bridgehead atoms. The molecule has 2 amide bonds. The number of rotatable bonds is 6. The first-order valence-corrected chi connectivity index (χ1v) is 9.13. The molecular weight excluding hydrogens is 344 g/mol. The van der Waals surface area contributed by atoms with Crippen molar-refractivity contribution in [2.24, 2.45) is 0 Å². The van der Waals surface area contributed by atoms with E-state index in [9.17, 15) is 4.79 Å². The molecule has 0 aliphatic carbocycles. The zero-order valence-electron chi connectivity index (χ0n) is 16.0. The van der Waals surface area contributed by atoms with Gasteiger partial charge in [-0.05, 0) is 61.7 Å². The maximum atomic E-state index is 12.2. The Balaban J connectivity index is 1.48. The highest BCUT2D eigenvalue weighted by Crippen LogP contribution is 2.28. The number of methoxy groups -OCH3 is 1. The van der Waals surface area contributed by atoms with Gasteiger partial charge >= 0.3 is 6.03 Å². The van der Waals surface area contributed by atoms with Gasteiger partial charge in [-0.15, -0.1) is 0 Å². The molecule has 0 unspecified atom stereocenters. The normalized spacial score (nSPS) is 15.5. The molecule has 2 aromatic rings. The standard InChI is InChI=1S/C21H26N2O4/c1-14(2)27-18-6-4-15(5-7-18)12-22-21(24)23-17-10-16-11-19(25-3)8-9-20(16)26-13-17/h4-9,11,14,17H,10,12-13H2,1-3H3,(H2,22,23,24)/t17-/m1/s1. The van der Waals surface area contributed by atoms with E-state index in [1.165, 1.54) is 0 Å². The van der Waals surface area contributed by atoms with E-state index in [-0.39, 0.29) is 18.2 Å². The van der Waals surface area contributed by atoms with Gasteiger partial charge in [0.05, 0.1) is 19.3 Å². The first-order chi connectivity index (χ1) is 13.0. The van der Waals surface area contributed by atoms with Crippen LogP contribution >= 0.6 is 0 Å². The third-order valence-corrected chi connectivity index (χ3v) is 4.26. The van der Waals surface area contributed by atoms with E-state index in [4.69, 9.17) is 14.2 Å². The molecule has 1 atom stereocenters. The second kappa shape index (κ2) is 8.66. The first kappa shape index (κ1) is 18.9. The van der Waals surface area contributed by atoms with Crippen LogP contribution in [0.4, 0.5) is 4.79 Å². The van der Waals surface area contributed by atoms with Crippen LogP contribution in [0.15, 0.2) is 42.5 Å². The zero-order chi connectivity index (χ0) is 19.2. The van der Waals surface area contributed by atoms with E-state index in [2.05, 4.69) is 10.6 Å². The number of nitrogens with one attached hydrogen (secondary N) is 2. The van der Waals surface area contributed by atoms with Crippen molar-refractivity contribution < 1.29 is 19.0 Å². The molecule has 1 heterocycles. The van der Waals surface area contributed by atoms with Gasteiger partial charge in [-0.1, -0.05) is 12.1 Å². The summed E-state index contributed by atoms with van der Waals surface area (Å²) in [5.74, 6) is 2.46. The average molecular weight is 370 g/mol. The molecule has 6 heteroatoms. The molecule has 0 aromatic heterocycles. The number of benzene rings is 2. The molecule has 3 rings (SSSR count). The summed E-state index contributed by atoms with van der Waals surface area (Å²) < 4.78 is 16.6. The van der Waals surface area contributed by atoms with Gasteiger partial charge in [0, 0.05) is 6.54 Å². The largest absolute Gasteiger partial charge is 0.497 e. The third kappa shape index (κ3) is 5.29. The van der Waals surface area contributed by atoms with Gasteiger partial charge in [0.25, 0.3) is 0 Å². The van der Waals surface area contributed by atoms with E-state index < -0.39 is 0 Å². The lowest BCUT2D eigenvalue weighted by Crippen LogP contribution is -2.47. The van der Waals surface area contributed by atoms with Crippen LogP contribution < -0.4 is 24.8 Å². The number of carbonyl (C=O) groups is 1. The molecule has 2 N–H and O–H groups in total. The second-order valence-corrected chi connectivity index (χ2v) is 6.82. The lowest BCUT2D eigenvalue weighted by Gasteiger charge is -2.26. The molecule has 1 aliphatic heterocycles. The van der Waals surface area contributed by atoms with Gasteiger partial charge in [0.15, 0.2) is 0 Å². The fraction of sp³-hybridized carbons (Fsp3) is 0.381. The van der Waals surface area contributed by atoms with Crippen LogP contribution in [0, 0.1) is 0 Å². The van der Waals surface area contributed by atoms with Gasteiger partial charge in [0.2, 0.25) is 0 Å². The molecule has 1 aliphatic rings. The average Bonchev–Trinajstić information content (AvgIpc) is 2.66. The molecule has 0 radical (unpaired) electrons. The molecule has 144 valence electrons. The monoisotopic (exact) mass is 370 g/mol. The molecule has 27 heavy (non-hydrogen) atoms. The number of fused-ring (bicyclic) bond motifs is 1. The van der Waals surface area contributed by atoms with Crippen LogP contribution in [0.5, 0.6) is 17.2 Å². The topological polar surface area (TPSA) is 68.8 Å². The Morgan fingerprint density at radius 1 is 1.19 bits per heavy atom. The molecule has 0 saturated heterocycles. The summed E-state index contributed by atoms with van der Waals surface area (Å²) in [7, 11) is 1.64. The number of urea groups is 1. The zero-order valence-corrected chi connectivity index (χ0v) is 16.0. The Morgan fingerprint density at radius 2 is 1.93 bits per heavy atom. The van der Waals surface area contributed by atoms with Gasteiger partial charge in [-0.2, -0.15) is 0 Å². The van der Waals surface area contributed by atoms with E-state index >= 15 is 0 Å². The smallest absolute Gasteiger partial charge is 0.315 e. The fourth-order valence-electron chi connectivity index (χ4n) is 2.97. The molecule has 0 saturated carbocycles. The number of ether oxygens (including phenoxy) is 3. The Hall–Kier alpha value is -2.89. The Kier molecular flexibility index (Phi) is 6.06. The molecule has 0 fully saturated rings. The number of hydrogen-bond acceptors (Lipinski definition) is 4. The molecule has 2 aromatic carbocycles. The van der Waals surface area contributed by atoms with Crippen LogP contribution in [0.1, 0.15) is 25.0 Å². The third-order valence-electron chi connectivity index (χ3n) is 4.26. The first-order valence-electron chi connectivity index (χ1n) is 9.13. The van der Waals surface area contributed by atoms with Crippen molar-refractivity contribution in [2.75, 3.05) is 13.7 Å². The maximum Gasteiger partial charge on any atom is 0.315 e. The summed E-state index contributed by atoms with van der Waals surface area (Å²) in [6.45, 7) is 4.88. The summed E-state index contributed by atoms with van der Waals surface area (Å²) in [5, 5.41) is 5.85. The molecule has 0 spiro atoms. The van der Waals surface area contributed by atoms with Crippen molar-refractivity contribution in [1.82, 2.24) is 10.6 Å². The van der Waals surface area contributed by atoms with Crippen LogP contribution in [-0.2, 0) is 13.0 Å². The quantitative estimate of drug-likeness (QED) is 0.819. The van der Waals surface area contributed by atoms with Crippen molar-refractivity contribution in [3.63, 3.8) is 0 Å². The van der Waals surface area contributed by atoms with E-state index in [0.717, 1.165) is 28.4 Å². The fourth-order valence-corrected chi connectivity index (χ4v) is 2.97. The second-order valence-electron chi connectivity index (χ2n) is 6.82. The number of carbonyl (C=O) groups excluding carboxylic acids is 1. The van der Waals surface area contributed by atoms with E-state index in [1.54, 1.807) is 7.11 Å². The highest BCUT2D eigenvalue weighted by molar-refractivity contribution is 5.74. The summed E-state index contributed by atoms with van der Waals surface area (Å²) in [4.78, 5) is 12.2. The van der Waals surface area contributed by atoms with Crippen molar-refractivity contribution in [3.05, 3.63) is 53.6 Å². The minimum Gasteiger partial charge on any atom is -0.497 e. The predicted molar refractivity (Wildman–Crippen MR) is 104 cm³/mol. The lowest BCUT2D eigenvalue weighted by atomic mass is 10.0. The Labute approximate surface area is 159 Å². The minimum atomic E-state index is -0.211. The molecular formula is C21H26N2O4. The van der Waals surface area contributed by atoms with Crippen LogP contribution in [0.25, 0.3) is 0 Å². The van der Waals surface area contributed by atoms with Crippen molar-refractivity contribution in [1.29, 1.82) is 0 Å². The predicted octanol–water partition coefficient (Wildman–Crippen LogP) is 3.29.